The van der Waals surface area contributed by atoms with E-state index in [-0.39, 0.29) is 4.90 Å². The molecular formula is C24H27FN2O6S. The highest BCUT2D eigenvalue weighted by molar-refractivity contribution is 7.89. The largest absolute Gasteiger partial charge is 0.455 e. The summed E-state index contributed by atoms with van der Waals surface area (Å²) in [6.45, 7) is 0.801. The lowest BCUT2D eigenvalue weighted by atomic mass is 9.79. The topological polar surface area (TPSA) is 102 Å². The second-order valence-corrected chi connectivity index (χ2v) is 10.4. The molecule has 182 valence electrons. The zero-order valence-corrected chi connectivity index (χ0v) is 19.5. The highest BCUT2D eigenvalue weighted by atomic mass is 32.2. The third kappa shape index (κ3) is 5.13. The van der Waals surface area contributed by atoms with Gasteiger partial charge in [0.15, 0.2) is 6.61 Å². The average molecular weight is 491 g/mol. The van der Waals surface area contributed by atoms with Crippen LogP contribution in [0.1, 0.15) is 31.2 Å². The quantitative estimate of drug-likeness (QED) is 0.599. The molecule has 1 amide bonds. The van der Waals surface area contributed by atoms with E-state index in [1.54, 1.807) is 12.1 Å². The number of morpholine rings is 1. The second kappa shape index (κ2) is 10.2. The van der Waals surface area contributed by atoms with Gasteiger partial charge in [-0.3, -0.25) is 9.59 Å². The molecule has 1 aliphatic carbocycles. The van der Waals surface area contributed by atoms with Crippen molar-refractivity contribution in [1.29, 1.82) is 0 Å². The van der Waals surface area contributed by atoms with E-state index in [1.807, 2.05) is 0 Å². The molecule has 0 radical (unpaired) electrons. The van der Waals surface area contributed by atoms with Gasteiger partial charge in [-0.15, -0.1) is 0 Å². The number of hydrogen-bond acceptors (Lipinski definition) is 6. The molecule has 4 rings (SSSR count). The lowest BCUT2D eigenvalue weighted by Gasteiger charge is -2.27. The van der Waals surface area contributed by atoms with Crippen LogP contribution in [-0.4, -0.2) is 57.5 Å². The van der Waals surface area contributed by atoms with Crippen LogP contribution >= 0.6 is 0 Å². The third-order valence-electron chi connectivity index (χ3n) is 6.31. The Balaban J connectivity index is 1.36. The Labute approximate surface area is 198 Å². The van der Waals surface area contributed by atoms with Gasteiger partial charge in [0.25, 0.3) is 5.91 Å². The fraction of sp³-hybridized carbons (Fsp3) is 0.417. The molecule has 34 heavy (non-hydrogen) atoms. The number of halogens is 1. The van der Waals surface area contributed by atoms with Crippen LogP contribution in [0.5, 0.6) is 0 Å². The van der Waals surface area contributed by atoms with Crippen LogP contribution < -0.4 is 5.32 Å². The number of sulfonamides is 1. The molecule has 1 saturated heterocycles. The monoisotopic (exact) mass is 490 g/mol. The molecule has 1 aliphatic heterocycles. The van der Waals surface area contributed by atoms with Crippen LogP contribution in [0.25, 0.3) is 0 Å². The van der Waals surface area contributed by atoms with Crippen molar-refractivity contribution in [2.75, 3.05) is 38.2 Å². The molecule has 10 heteroatoms. The molecule has 1 saturated carbocycles. The van der Waals surface area contributed by atoms with Crippen molar-refractivity contribution in [2.24, 2.45) is 0 Å². The summed E-state index contributed by atoms with van der Waals surface area (Å²) in [5.74, 6) is -1.52. The minimum atomic E-state index is -3.63. The number of nitrogens with one attached hydrogen (secondary N) is 1. The lowest BCUT2D eigenvalue weighted by Crippen LogP contribution is -2.40. The molecule has 0 aromatic heterocycles. The number of amides is 1. The first-order valence-corrected chi connectivity index (χ1v) is 12.7. The molecular weight excluding hydrogens is 463 g/mol. The molecule has 1 heterocycles. The van der Waals surface area contributed by atoms with Crippen molar-refractivity contribution in [3.05, 3.63) is 59.9 Å². The molecule has 1 N–H and O–H groups in total. The zero-order valence-electron chi connectivity index (χ0n) is 18.7. The minimum absolute atomic E-state index is 0.122. The molecule has 8 nitrogen and oxygen atoms in total. The van der Waals surface area contributed by atoms with E-state index < -0.39 is 39.7 Å². The summed E-state index contributed by atoms with van der Waals surface area (Å²) >= 11 is 0. The maximum Gasteiger partial charge on any atom is 0.317 e. The van der Waals surface area contributed by atoms with E-state index in [0.29, 0.717) is 50.4 Å². The summed E-state index contributed by atoms with van der Waals surface area (Å²) in [4.78, 5) is 25.4. The molecule has 2 aromatic carbocycles. The Bertz CT molecular complexity index is 1140. The zero-order chi connectivity index (χ0) is 24.2. The van der Waals surface area contributed by atoms with Gasteiger partial charge in [-0.25, -0.2) is 12.8 Å². The van der Waals surface area contributed by atoms with Gasteiger partial charge in [0, 0.05) is 18.8 Å². The number of carbonyl (C=O) groups excluding carboxylic acids is 2. The fourth-order valence-corrected chi connectivity index (χ4v) is 5.90. The number of benzene rings is 2. The van der Waals surface area contributed by atoms with Gasteiger partial charge in [-0.05, 0) is 54.8 Å². The van der Waals surface area contributed by atoms with Crippen LogP contribution in [0, 0.1) is 5.82 Å². The van der Waals surface area contributed by atoms with Crippen molar-refractivity contribution >= 4 is 27.6 Å². The second-order valence-electron chi connectivity index (χ2n) is 8.46. The van der Waals surface area contributed by atoms with Crippen LogP contribution in [0.4, 0.5) is 10.1 Å². The van der Waals surface area contributed by atoms with Crippen molar-refractivity contribution < 1.29 is 31.9 Å². The highest BCUT2D eigenvalue weighted by Crippen LogP contribution is 2.42. The van der Waals surface area contributed by atoms with Crippen LogP contribution in [0.2, 0.25) is 0 Å². The van der Waals surface area contributed by atoms with E-state index in [4.69, 9.17) is 9.47 Å². The highest BCUT2D eigenvalue weighted by Gasteiger charge is 2.44. The van der Waals surface area contributed by atoms with Gasteiger partial charge in [-0.1, -0.05) is 25.0 Å². The van der Waals surface area contributed by atoms with E-state index in [9.17, 15) is 22.4 Å². The number of rotatable bonds is 7. The Morgan fingerprint density at radius 2 is 1.74 bits per heavy atom. The summed E-state index contributed by atoms with van der Waals surface area (Å²) in [5.41, 5.74) is -0.00658. The smallest absolute Gasteiger partial charge is 0.317 e. The van der Waals surface area contributed by atoms with Crippen molar-refractivity contribution in [3.8, 4) is 0 Å². The van der Waals surface area contributed by atoms with Crippen molar-refractivity contribution in [3.63, 3.8) is 0 Å². The Morgan fingerprint density at radius 3 is 2.38 bits per heavy atom. The van der Waals surface area contributed by atoms with Gasteiger partial charge < -0.3 is 14.8 Å². The minimum Gasteiger partial charge on any atom is -0.455 e. The van der Waals surface area contributed by atoms with E-state index in [0.717, 1.165) is 12.8 Å². The van der Waals surface area contributed by atoms with Crippen LogP contribution in [-0.2, 0) is 34.5 Å². The number of hydrogen-bond donors (Lipinski definition) is 1. The normalized spacial score (nSPS) is 18.4. The first-order chi connectivity index (χ1) is 16.3. The van der Waals surface area contributed by atoms with Crippen LogP contribution in [0.3, 0.4) is 0 Å². The summed E-state index contributed by atoms with van der Waals surface area (Å²) in [5, 5.41) is 2.60. The third-order valence-corrected chi connectivity index (χ3v) is 8.22. The first-order valence-electron chi connectivity index (χ1n) is 11.2. The van der Waals surface area contributed by atoms with Gasteiger partial charge in [0.2, 0.25) is 10.0 Å². The number of carbonyl (C=O) groups is 2. The first kappa shape index (κ1) is 24.3. The van der Waals surface area contributed by atoms with Gasteiger partial charge in [-0.2, -0.15) is 4.31 Å². The molecule has 2 aliphatic rings. The maximum absolute atomic E-state index is 13.8. The average Bonchev–Trinajstić information content (AvgIpc) is 3.35. The predicted molar refractivity (Wildman–Crippen MR) is 122 cm³/mol. The molecule has 0 spiro atoms. The standard InChI is InChI=1S/C24H27FN2O6S/c25-19-5-3-4-18(16-19)24(10-1-2-11-24)23(29)33-17-22(28)26-20-6-8-21(9-7-20)34(30,31)27-12-14-32-15-13-27/h3-9,16H,1-2,10-15,17H2,(H,26,28). The summed E-state index contributed by atoms with van der Waals surface area (Å²) in [6, 6.07) is 11.8. The lowest BCUT2D eigenvalue weighted by molar-refractivity contribution is -0.153. The van der Waals surface area contributed by atoms with Gasteiger partial charge >= 0.3 is 5.97 Å². The SMILES string of the molecule is O=C(COC(=O)C1(c2cccc(F)c2)CCCC1)Nc1ccc(S(=O)(=O)N2CCOCC2)cc1. The van der Waals surface area contributed by atoms with Gasteiger partial charge in [0.05, 0.1) is 23.5 Å². The Morgan fingerprint density at radius 1 is 1.06 bits per heavy atom. The maximum atomic E-state index is 13.8. The molecule has 0 unspecified atom stereocenters. The van der Waals surface area contributed by atoms with Crippen molar-refractivity contribution in [2.45, 2.75) is 36.0 Å². The summed E-state index contributed by atoms with van der Waals surface area (Å²) in [7, 11) is -3.63. The molecule has 0 atom stereocenters. The van der Waals surface area contributed by atoms with Crippen LogP contribution in [0.15, 0.2) is 53.4 Å². The van der Waals surface area contributed by atoms with E-state index >= 15 is 0 Å². The Kier molecular flexibility index (Phi) is 7.30. The van der Waals surface area contributed by atoms with E-state index in [1.165, 1.54) is 40.7 Å². The Hall–Kier alpha value is -2.82. The number of esters is 1. The summed E-state index contributed by atoms with van der Waals surface area (Å²) in [6.07, 6.45) is 2.71. The molecule has 0 bridgehead atoms. The fourth-order valence-electron chi connectivity index (χ4n) is 4.49. The number of ether oxygens (including phenoxy) is 2. The van der Waals surface area contributed by atoms with Gasteiger partial charge in [0.1, 0.15) is 5.82 Å². The predicted octanol–water partition coefficient (Wildman–Crippen LogP) is 2.84. The van der Waals surface area contributed by atoms with E-state index in [2.05, 4.69) is 5.32 Å². The van der Waals surface area contributed by atoms with Crippen molar-refractivity contribution in [1.82, 2.24) is 4.31 Å². The molecule has 2 aromatic rings. The summed E-state index contributed by atoms with van der Waals surface area (Å²) < 4.78 is 51.0. The number of nitrogens with zero attached hydrogens (tertiary/aromatic N) is 1. The number of anilines is 1. The molecule has 2 fully saturated rings.